The first-order valence-electron chi connectivity index (χ1n) is 10.4. The fourth-order valence-electron chi connectivity index (χ4n) is 3.30. The second-order valence-electron chi connectivity index (χ2n) is 7.55. The van der Waals surface area contributed by atoms with Gasteiger partial charge in [0, 0.05) is 31.4 Å². The van der Waals surface area contributed by atoms with Crippen LogP contribution in [0, 0.1) is 13.0 Å². The van der Waals surface area contributed by atoms with Gasteiger partial charge in [-0.2, -0.15) is 5.10 Å². The molecule has 0 saturated carbocycles. The molecule has 0 spiro atoms. The fraction of sp³-hybridized carbons (Fsp3) is 0.231. The summed E-state index contributed by atoms with van der Waals surface area (Å²) in [4.78, 5) is 0. The SMILES string of the molecule is CC(O)CC(C)O.Cc1ccccc1-n1c(-c2[c-]cccc2)nnc1-c1ccccc1.[Ir]. The maximum absolute atomic E-state index is 8.56. The van der Waals surface area contributed by atoms with E-state index in [1.54, 1.807) is 13.8 Å². The molecule has 0 aliphatic rings. The average molecular weight is 607 g/mol. The Morgan fingerprint density at radius 3 is 1.97 bits per heavy atom. The zero-order valence-corrected chi connectivity index (χ0v) is 20.8. The van der Waals surface area contributed by atoms with E-state index >= 15 is 0 Å². The molecule has 0 aliphatic carbocycles. The Balaban J connectivity index is 0.000000398. The Hall–Kier alpha value is -2.63. The Kier molecular flexibility index (Phi) is 9.94. The van der Waals surface area contributed by atoms with E-state index in [0.29, 0.717) is 6.42 Å². The number of nitrogens with zero attached hydrogens (tertiary/aromatic N) is 3. The van der Waals surface area contributed by atoms with Gasteiger partial charge in [0.25, 0.3) is 0 Å². The third-order valence-electron chi connectivity index (χ3n) is 4.68. The van der Waals surface area contributed by atoms with Crippen LogP contribution in [-0.4, -0.2) is 37.2 Å². The summed E-state index contributed by atoms with van der Waals surface area (Å²) in [5, 5.41) is 26.1. The second-order valence-corrected chi connectivity index (χ2v) is 7.55. The van der Waals surface area contributed by atoms with Crippen LogP contribution in [0.4, 0.5) is 0 Å². The molecule has 3 aromatic carbocycles. The van der Waals surface area contributed by atoms with Crippen LogP contribution in [0.3, 0.4) is 0 Å². The van der Waals surface area contributed by atoms with E-state index < -0.39 is 0 Å². The number of hydrogen-bond donors (Lipinski definition) is 2. The van der Waals surface area contributed by atoms with Gasteiger partial charge in [-0.1, -0.05) is 48.5 Å². The van der Waals surface area contributed by atoms with E-state index in [-0.39, 0.29) is 32.3 Å². The molecule has 0 bridgehead atoms. The topological polar surface area (TPSA) is 71.2 Å². The summed E-state index contributed by atoms with van der Waals surface area (Å²) in [6.07, 6.45) is -0.278. The van der Waals surface area contributed by atoms with Crippen molar-refractivity contribution < 1.29 is 30.3 Å². The monoisotopic (exact) mass is 607 g/mol. The number of aromatic nitrogens is 3. The molecule has 0 fully saturated rings. The van der Waals surface area contributed by atoms with E-state index in [9.17, 15) is 0 Å². The smallest absolute Gasteiger partial charge is 0.159 e. The van der Waals surface area contributed by atoms with Crippen molar-refractivity contribution in [3.63, 3.8) is 0 Å². The summed E-state index contributed by atoms with van der Waals surface area (Å²) in [6.45, 7) is 5.42. The first kappa shape index (κ1) is 25.6. The fourth-order valence-corrected chi connectivity index (χ4v) is 3.30. The van der Waals surface area contributed by atoms with Crippen LogP contribution in [0.5, 0.6) is 0 Å². The van der Waals surface area contributed by atoms with E-state index in [4.69, 9.17) is 10.2 Å². The predicted octanol–water partition coefficient (Wildman–Crippen LogP) is 4.85. The Bertz CT molecular complexity index is 1020. The molecule has 0 aliphatic heterocycles. The Morgan fingerprint density at radius 1 is 0.812 bits per heavy atom. The van der Waals surface area contributed by atoms with Crippen LogP contribution < -0.4 is 0 Å². The first-order valence-corrected chi connectivity index (χ1v) is 10.4. The number of hydrogen-bond acceptors (Lipinski definition) is 4. The number of rotatable bonds is 5. The second kappa shape index (κ2) is 12.4. The van der Waals surface area contributed by atoms with Gasteiger partial charge in [0.1, 0.15) is 0 Å². The summed E-state index contributed by atoms with van der Waals surface area (Å²) in [6, 6.07) is 29.5. The van der Waals surface area contributed by atoms with Crippen molar-refractivity contribution >= 4 is 0 Å². The Labute approximate surface area is 203 Å². The minimum atomic E-state index is -0.375. The zero-order valence-electron chi connectivity index (χ0n) is 18.4. The van der Waals surface area contributed by atoms with Gasteiger partial charge in [0.05, 0.1) is 18.0 Å². The quantitative estimate of drug-likeness (QED) is 0.319. The van der Waals surface area contributed by atoms with Crippen LogP contribution in [-0.2, 0) is 20.1 Å². The van der Waals surface area contributed by atoms with E-state index in [1.165, 1.54) is 5.56 Å². The van der Waals surface area contributed by atoms with Gasteiger partial charge in [-0.3, -0.25) is 0 Å². The largest absolute Gasteiger partial charge is 0.393 e. The van der Waals surface area contributed by atoms with Crippen molar-refractivity contribution in [1.82, 2.24) is 14.8 Å². The first-order chi connectivity index (χ1) is 15.0. The van der Waals surface area contributed by atoms with Crippen LogP contribution in [0.2, 0.25) is 0 Å². The van der Waals surface area contributed by atoms with Crippen molar-refractivity contribution in [2.24, 2.45) is 0 Å². The van der Waals surface area contributed by atoms with Crippen molar-refractivity contribution in [3.05, 3.63) is 90.5 Å². The van der Waals surface area contributed by atoms with Gasteiger partial charge in [-0.25, -0.2) is 0 Å². The van der Waals surface area contributed by atoms with Gasteiger partial charge in [-0.05, 0) is 38.8 Å². The van der Waals surface area contributed by atoms with Crippen molar-refractivity contribution in [2.45, 2.75) is 39.4 Å². The molecule has 0 amide bonds. The molecule has 2 unspecified atom stereocenters. The molecule has 1 radical (unpaired) electrons. The van der Waals surface area contributed by atoms with Crippen molar-refractivity contribution in [1.29, 1.82) is 0 Å². The molecule has 2 N–H and O–H groups in total. The van der Waals surface area contributed by atoms with Gasteiger partial charge in [0.2, 0.25) is 0 Å². The molecule has 1 aromatic heterocycles. The van der Waals surface area contributed by atoms with Gasteiger partial charge in [0.15, 0.2) is 5.82 Å². The van der Waals surface area contributed by atoms with E-state index in [2.05, 4.69) is 52.0 Å². The van der Waals surface area contributed by atoms with Gasteiger partial charge < -0.3 is 14.8 Å². The molecular weight excluding hydrogens is 579 g/mol. The maximum Gasteiger partial charge on any atom is 0.159 e. The zero-order chi connectivity index (χ0) is 22.2. The molecular formula is C26H28IrN3O2-. The Morgan fingerprint density at radius 2 is 1.41 bits per heavy atom. The summed E-state index contributed by atoms with van der Waals surface area (Å²) in [7, 11) is 0. The minimum Gasteiger partial charge on any atom is -0.393 e. The molecule has 2 atom stereocenters. The number of aliphatic hydroxyl groups is 2. The predicted molar refractivity (Wildman–Crippen MR) is 124 cm³/mol. The molecule has 32 heavy (non-hydrogen) atoms. The minimum absolute atomic E-state index is 0. The van der Waals surface area contributed by atoms with Crippen LogP contribution in [0.1, 0.15) is 25.8 Å². The summed E-state index contributed by atoms with van der Waals surface area (Å²) in [5.74, 6) is 1.63. The van der Waals surface area contributed by atoms with E-state index in [0.717, 1.165) is 28.5 Å². The number of aliphatic hydroxyl groups excluding tert-OH is 2. The molecule has 6 heteroatoms. The standard InChI is InChI=1S/C21H16N3.C5H12O2.Ir/c1-16-10-8-9-15-19(16)24-20(17-11-4-2-5-12-17)22-23-21(24)18-13-6-3-7-14-18;1-4(6)3-5(2)7;/h2-13,15H,1H3;4-7H,3H2,1-2H3;/q-1;;. The van der Waals surface area contributed by atoms with Crippen molar-refractivity contribution in [3.8, 4) is 28.5 Å². The van der Waals surface area contributed by atoms with Crippen LogP contribution in [0.25, 0.3) is 28.5 Å². The average Bonchev–Trinajstić information content (AvgIpc) is 3.20. The van der Waals surface area contributed by atoms with Crippen LogP contribution >= 0.6 is 0 Å². The molecule has 4 rings (SSSR count). The third-order valence-corrected chi connectivity index (χ3v) is 4.68. The van der Waals surface area contributed by atoms with Gasteiger partial charge in [-0.15, -0.1) is 41.0 Å². The third kappa shape index (κ3) is 6.68. The number of para-hydroxylation sites is 1. The van der Waals surface area contributed by atoms with Crippen molar-refractivity contribution in [2.75, 3.05) is 0 Å². The molecule has 169 valence electrons. The molecule has 4 aromatic rings. The molecule has 0 saturated heterocycles. The number of benzene rings is 3. The van der Waals surface area contributed by atoms with Gasteiger partial charge >= 0.3 is 0 Å². The van der Waals surface area contributed by atoms with Crippen LogP contribution in [0.15, 0.2) is 78.9 Å². The summed E-state index contributed by atoms with van der Waals surface area (Å²) < 4.78 is 2.11. The van der Waals surface area contributed by atoms with E-state index in [1.807, 2.05) is 54.6 Å². The number of aryl methyl sites for hydroxylation is 1. The summed E-state index contributed by atoms with van der Waals surface area (Å²) in [5.41, 5.74) is 4.21. The maximum atomic E-state index is 8.56. The summed E-state index contributed by atoms with van der Waals surface area (Å²) >= 11 is 0. The molecule has 1 heterocycles. The normalized spacial score (nSPS) is 12.2. The molecule has 5 nitrogen and oxygen atoms in total.